The molecule has 2 N–H and O–H groups in total. The molecule has 0 bridgehead atoms. The predicted molar refractivity (Wildman–Crippen MR) is 72.7 cm³/mol. The van der Waals surface area contributed by atoms with Crippen molar-refractivity contribution in [3.8, 4) is 0 Å². The number of carbonyl (C=O) groups excluding carboxylic acids is 1. The number of amides is 1. The van der Waals surface area contributed by atoms with Crippen LogP contribution in [0.3, 0.4) is 0 Å². The van der Waals surface area contributed by atoms with Gasteiger partial charge >= 0.3 is 7.12 Å². The average molecular weight is 249 g/mol. The Hall–Kier alpha value is -1.33. The van der Waals surface area contributed by atoms with Gasteiger partial charge in [-0.2, -0.15) is 0 Å². The van der Waals surface area contributed by atoms with Crippen LogP contribution in [0.5, 0.6) is 0 Å². The summed E-state index contributed by atoms with van der Waals surface area (Å²) in [6, 6.07) is 6.69. The van der Waals surface area contributed by atoms with Crippen molar-refractivity contribution in [2.45, 2.75) is 39.8 Å². The van der Waals surface area contributed by atoms with Crippen molar-refractivity contribution in [2.75, 3.05) is 0 Å². The van der Waals surface area contributed by atoms with Gasteiger partial charge in [0.2, 0.25) is 0 Å². The van der Waals surface area contributed by atoms with Gasteiger partial charge in [0.05, 0.1) is 0 Å². The van der Waals surface area contributed by atoms with Crippen LogP contribution < -0.4 is 5.46 Å². The first kappa shape index (κ1) is 14.7. The quantitative estimate of drug-likeness (QED) is 0.769. The zero-order valence-corrected chi connectivity index (χ0v) is 11.3. The molecular formula is C13H20BNO3. The van der Waals surface area contributed by atoms with Crippen LogP contribution in [0.25, 0.3) is 0 Å². The van der Waals surface area contributed by atoms with Gasteiger partial charge in [0, 0.05) is 17.6 Å². The van der Waals surface area contributed by atoms with Crippen LogP contribution in [0.1, 0.15) is 38.1 Å². The van der Waals surface area contributed by atoms with E-state index in [4.69, 9.17) is 0 Å². The van der Waals surface area contributed by atoms with E-state index in [1.54, 1.807) is 29.2 Å². The van der Waals surface area contributed by atoms with Crippen molar-refractivity contribution < 1.29 is 14.8 Å². The molecule has 0 aromatic heterocycles. The van der Waals surface area contributed by atoms with E-state index in [0.717, 1.165) is 0 Å². The second-order valence-corrected chi connectivity index (χ2v) is 4.86. The summed E-state index contributed by atoms with van der Waals surface area (Å²) in [7, 11) is -1.63. The number of benzene rings is 1. The van der Waals surface area contributed by atoms with Crippen molar-refractivity contribution in [3.63, 3.8) is 0 Å². The molecule has 18 heavy (non-hydrogen) atoms. The van der Waals surface area contributed by atoms with Gasteiger partial charge in [0.15, 0.2) is 0 Å². The third-order valence-electron chi connectivity index (χ3n) is 2.82. The summed E-state index contributed by atoms with van der Waals surface area (Å²) >= 11 is 0. The normalized spacial score (nSPS) is 10.9. The Morgan fingerprint density at radius 2 is 1.61 bits per heavy atom. The molecule has 1 amide bonds. The fourth-order valence-corrected chi connectivity index (χ4v) is 2.12. The fourth-order valence-electron chi connectivity index (χ4n) is 2.12. The average Bonchev–Trinajstić information content (AvgIpc) is 2.27. The molecule has 0 spiro atoms. The van der Waals surface area contributed by atoms with Crippen molar-refractivity contribution in [1.82, 2.24) is 4.90 Å². The molecule has 0 aliphatic carbocycles. The smallest absolute Gasteiger partial charge is 0.423 e. The van der Waals surface area contributed by atoms with Crippen LogP contribution in [0.2, 0.25) is 0 Å². The van der Waals surface area contributed by atoms with Crippen LogP contribution in [0, 0.1) is 0 Å². The van der Waals surface area contributed by atoms with Crippen LogP contribution in [0.15, 0.2) is 24.3 Å². The minimum absolute atomic E-state index is 0.0568. The third kappa shape index (κ3) is 3.12. The van der Waals surface area contributed by atoms with Gasteiger partial charge in [-0.05, 0) is 39.2 Å². The molecule has 0 atom stereocenters. The highest BCUT2D eigenvalue weighted by molar-refractivity contribution is 6.60. The SMILES string of the molecule is CC(C)N(C(=O)c1ccccc1B(O)O)C(C)C. The molecule has 0 saturated carbocycles. The van der Waals surface area contributed by atoms with E-state index in [0.29, 0.717) is 5.56 Å². The maximum atomic E-state index is 12.5. The van der Waals surface area contributed by atoms with E-state index in [2.05, 4.69) is 0 Å². The summed E-state index contributed by atoms with van der Waals surface area (Å²) in [6.45, 7) is 7.76. The van der Waals surface area contributed by atoms with Crippen molar-refractivity contribution in [3.05, 3.63) is 29.8 Å². The van der Waals surface area contributed by atoms with E-state index < -0.39 is 7.12 Å². The van der Waals surface area contributed by atoms with Crippen LogP contribution >= 0.6 is 0 Å². The standard InChI is InChI=1S/C13H20BNO3/c1-9(2)15(10(3)4)13(16)11-7-5-6-8-12(11)14(17)18/h5-10,17-18H,1-4H3. The molecule has 0 heterocycles. The highest BCUT2D eigenvalue weighted by Crippen LogP contribution is 2.11. The molecule has 98 valence electrons. The molecule has 0 aliphatic heterocycles. The fraction of sp³-hybridized carbons (Fsp3) is 0.462. The molecule has 0 unspecified atom stereocenters. The van der Waals surface area contributed by atoms with E-state index in [9.17, 15) is 14.8 Å². The Morgan fingerprint density at radius 3 is 2.06 bits per heavy atom. The van der Waals surface area contributed by atoms with Gasteiger partial charge in [-0.25, -0.2) is 0 Å². The lowest BCUT2D eigenvalue weighted by Gasteiger charge is -2.31. The van der Waals surface area contributed by atoms with Crippen molar-refractivity contribution in [1.29, 1.82) is 0 Å². The minimum Gasteiger partial charge on any atom is -0.423 e. The zero-order valence-electron chi connectivity index (χ0n) is 11.3. The Bertz CT molecular complexity index is 410. The maximum absolute atomic E-state index is 12.5. The zero-order chi connectivity index (χ0) is 13.9. The third-order valence-corrected chi connectivity index (χ3v) is 2.82. The molecule has 0 saturated heterocycles. The van der Waals surface area contributed by atoms with Crippen LogP contribution in [0.4, 0.5) is 0 Å². The Morgan fingerprint density at radius 1 is 1.11 bits per heavy atom. The van der Waals surface area contributed by atoms with E-state index in [1.165, 1.54) is 0 Å². The molecule has 1 aromatic rings. The number of rotatable bonds is 4. The predicted octanol–water partition coefficient (Wildman–Crippen LogP) is 0.625. The Labute approximate surface area is 108 Å². The van der Waals surface area contributed by atoms with E-state index in [-0.39, 0.29) is 23.5 Å². The molecule has 1 rings (SSSR count). The van der Waals surface area contributed by atoms with Crippen molar-refractivity contribution in [2.24, 2.45) is 0 Å². The molecule has 0 aliphatic rings. The maximum Gasteiger partial charge on any atom is 0.489 e. The monoisotopic (exact) mass is 249 g/mol. The number of hydrogen-bond donors (Lipinski definition) is 2. The van der Waals surface area contributed by atoms with E-state index >= 15 is 0 Å². The van der Waals surface area contributed by atoms with Gasteiger partial charge in [-0.1, -0.05) is 18.2 Å². The van der Waals surface area contributed by atoms with Gasteiger partial charge in [-0.15, -0.1) is 0 Å². The Kier molecular flexibility index (Phi) is 4.93. The number of hydrogen-bond acceptors (Lipinski definition) is 3. The summed E-state index contributed by atoms with van der Waals surface area (Å²) < 4.78 is 0. The summed E-state index contributed by atoms with van der Waals surface area (Å²) in [4.78, 5) is 14.2. The van der Waals surface area contributed by atoms with Crippen molar-refractivity contribution >= 4 is 18.5 Å². The van der Waals surface area contributed by atoms with Gasteiger partial charge in [-0.3, -0.25) is 4.79 Å². The highest BCUT2D eigenvalue weighted by atomic mass is 16.4. The summed E-state index contributed by atoms with van der Waals surface area (Å²) in [5, 5.41) is 18.6. The minimum atomic E-state index is -1.63. The first-order chi connectivity index (χ1) is 8.36. The molecule has 0 radical (unpaired) electrons. The Balaban J connectivity index is 3.17. The lowest BCUT2D eigenvalue weighted by molar-refractivity contribution is 0.0644. The van der Waals surface area contributed by atoms with Gasteiger partial charge in [0.25, 0.3) is 5.91 Å². The van der Waals surface area contributed by atoms with E-state index in [1.807, 2.05) is 27.7 Å². The molecular weight excluding hydrogens is 229 g/mol. The number of carbonyl (C=O) groups is 1. The van der Waals surface area contributed by atoms with Gasteiger partial charge < -0.3 is 14.9 Å². The topological polar surface area (TPSA) is 60.8 Å². The first-order valence-corrected chi connectivity index (χ1v) is 6.14. The second-order valence-electron chi connectivity index (χ2n) is 4.86. The molecule has 1 aromatic carbocycles. The first-order valence-electron chi connectivity index (χ1n) is 6.14. The van der Waals surface area contributed by atoms with Crippen LogP contribution in [-0.2, 0) is 0 Å². The highest BCUT2D eigenvalue weighted by Gasteiger charge is 2.26. The largest absolute Gasteiger partial charge is 0.489 e. The lowest BCUT2D eigenvalue weighted by atomic mass is 9.76. The molecule has 0 fully saturated rings. The summed E-state index contributed by atoms with van der Waals surface area (Å²) in [5.74, 6) is -0.177. The van der Waals surface area contributed by atoms with Gasteiger partial charge in [0.1, 0.15) is 0 Å². The molecule has 4 nitrogen and oxygen atoms in total. The lowest BCUT2D eigenvalue weighted by Crippen LogP contribution is -2.45. The summed E-state index contributed by atoms with van der Waals surface area (Å²) in [6.07, 6.45) is 0. The summed E-state index contributed by atoms with van der Waals surface area (Å²) in [5.41, 5.74) is 0.587. The molecule has 5 heteroatoms. The van der Waals surface area contributed by atoms with Crippen LogP contribution in [-0.4, -0.2) is 40.1 Å². The number of nitrogens with zero attached hydrogens (tertiary/aromatic N) is 1. The second kappa shape index (κ2) is 6.02.